The van der Waals surface area contributed by atoms with Crippen molar-refractivity contribution >= 4 is 57.9 Å². The lowest BCUT2D eigenvalue weighted by atomic mass is 9.93. The maximum Gasteiger partial charge on any atom is 0.229 e. The van der Waals surface area contributed by atoms with Gasteiger partial charge in [0.25, 0.3) is 0 Å². The van der Waals surface area contributed by atoms with Crippen LogP contribution in [0.2, 0.25) is 0 Å². The number of thiophene rings is 1. The van der Waals surface area contributed by atoms with Crippen LogP contribution in [0.5, 0.6) is 0 Å². The third-order valence-corrected chi connectivity index (χ3v) is 6.63. The number of nitrogens with one attached hydrogen (secondary N) is 2. The molecule has 126 valence electrons. The Morgan fingerprint density at radius 3 is 3.13 bits per heavy atom. The number of carbonyl (C=O) groups is 1. The zero-order chi connectivity index (χ0) is 15.4. The summed E-state index contributed by atoms with van der Waals surface area (Å²) in [5, 5.41) is 17.2. The number of piperidine rings is 1. The first-order valence-corrected chi connectivity index (χ1v) is 9.92. The molecule has 0 aromatic carbocycles. The maximum atomic E-state index is 12.3. The summed E-state index contributed by atoms with van der Waals surface area (Å²) in [6.45, 7) is 3.01. The van der Waals surface area contributed by atoms with Gasteiger partial charge in [-0.05, 0) is 37.8 Å². The molecule has 2 aromatic rings. The Bertz CT molecular complexity index is 619. The quantitative estimate of drug-likeness (QED) is 0.602. The summed E-state index contributed by atoms with van der Waals surface area (Å²) >= 11 is 4.84. The minimum atomic E-state index is 0. The highest BCUT2D eigenvalue weighted by molar-refractivity contribution is 8.00. The third-order valence-electron chi connectivity index (χ3n) is 3.55. The first kappa shape index (κ1) is 18.7. The van der Waals surface area contributed by atoms with Crippen molar-refractivity contribution in [2.24, 2.45) is 5.92 Å². The molecular weight excluding hydrogens is 372 g/mol. The van der Waals surface area contributed by atoms with Crippen LogP contribution in [0.25, 0.3) is 0 Å². The molecule has 0 unspecified atom stereocenters. The molecule has 1 amide bonds. The summed E-state index contributed by atoms with van der Waals surface area (Å²) < 4.78 is 0.891. The lowest BCUT2D eigenvalue weighted by Crippen LogP contribution is -2.40. The number of hydrogen-bond acceptors (Lipinski definition) is 7. The average Bonchev–Trinajstić information content (AvgIpc) is 3.16. The largest absolute Gasteiger partial charge is 0.314 e. The van der Waals surface area contributed by atoms with Crippen LogP contribution in [0.4, 0.5) is 5.13 Å². The molecule has 0 bridgehead atoms. The van der Waals surface area contributed by atoms with Gasteiger partial charge in [0.15, 0.2) is 4.34 Å². The Kier molecular flexibility index (Phi) is 7.29. The van der Waals surface area contributed by atoms with Gasteiger partial charge in [0.05, 0.1) is 0 Å². The van der Waals surface area contributed by atoms with Gasteiger partial charge in [-0.25, -0.2) is 0 Å². The van der Waals surface area contributed by atoms with Gasteiger partial charge in [-0.1, -0.05) is 29.2 Å². The van der Waals surface area contributed by atoms with Gasteiger partial charge < -0.3 is 10.6 Å². The molecule has 0 saturated carbocycles. The van der Waals surface area contributed by atoms with Crippen molar-refractivity contribution in [1.29, 1.82) is 0 Å². The molecule has 1 fully saturated rings. The lowest BCUT2D eigenvalue weighted by molar-refractivity contribution is -0.120. The van der Waals surface area contributed by atoms with Gasteiger partial charge in [0, 0.05) is 22.6 Å². The van der Waals surface area contributed by atoms with E-state index in [-0.39, 0.29) is 24.2 Å². The second kappa shape index (κ2) is 8.98. The van der Waals surface area contributed by atoms with E-state index in [9.17, 15) is 4.79 Å². The maximum absolute atomic E-state index is 12.3. The van der Waals surface area contributed by atoms with E-state index in [1.54, 1.807) is 23.1 Å². The lowest BCUT2D eigenvalue weighted by Gasteiger charge is -2.26. The van der Waals surface area contributed by atoms with Gasteiger partial charge in [0.1, 0.15) is 0 Å². The number of aromatic nitrogens is 2. The average molecular weight is 391 g/mol. The van der Waals surface area contributed by atoms with Crippen LogP contribution in [-0.4, -0.2) is 28.7 Å². The fourth-order valence-corrected chi connectivity index (χ4v) is 4.95. The number of rotatable bonds is 5. The number of carbonyl (C=O) groups excluding carboxylic acids is 1. The van der Waals surface area contributed by atoms with Gasteiger partial charge in [0.2, 0.25) is 11.0 Å². The Morgan fingerprint density at radius 1 is 1.52 bits per heavy atom. The van der Waals surface area contributed by atoms with E-state index >= 15 is 0 Å². The molecule has 2 aromatic heterocycles. The molecule has 1 aliphatic heterocycles. The third kappa shape index (κ3) is 5.42. The monoisotopic (exact) mass is 390 g/mol. The van der Waals surface area contributed by atoms with Crippen molar-refractivity contribution in [2.75, 3.05) is 11.9 Å². The van der Waals surface area contributed by atoms with E-state index in [1.165, 1.54) is 16.2 Å². The fourth-order valence-electron chi connectivity index (χ4n) is 2.42. The number of anilines is 1. The molecule has 5 nitrogen and oxygen atoms in total. The van der Waals surface area contributed by atoms with Crippen molar-refractivity contribution in [3.63, 3.8) is 0 Å². The van der Waals surface area contributed by atoms with Crippen molar-refractivity contribution in [3.05, 3.63) is 22.4 Å². The van der Waals surface area contributed by atoms with Crippen molar-refractivity contribution < 1.29 is 4.79 Å². The molecule has 0 radical (unpaired) electrons. The Labute approximate surface area is 154 Å². The van der Waals surface area contributed by atoms with Gasteiger partial charge >= 0.3 is 0 Å². The first-order chi connectivity index (χ1) is 10.7. The normalized spacial score (nSPS) is 20.7. The highest BCUT2D eigenvalue weighted by atomic mass is 35.5. The van der Waals surface area contributed by atoms with E-state index in [0.717, 1.165) is 29.5 Å². The van der Waals surface area contributed by atoms with Crippen LogP contribution < -0.4 is 10.6 Å². The number of hydrogen-bond donors (Lipinski definition) is 2. The van der Waals surface area contributed by atoms with Crippen LogP contribution >= 0.6 is 46.8 Å². The topological polar surface area (TPSA) is 66.9 Å². The molecule has 3 heterocycles. The Morgan fingerprint density at radius 2 is 2.39 bits per heavy atom. The number of amides is 1. The predicted octanol–water partition coefficient (Wildman–Crippen LogP) is 3.64. The molecule has 0 spiro atoms. The molecule has 9 heteroatoms. The van der Waals surface area contributed by atoms with Gasteiger partial charge in [-0.2, -0.15) is 0 Å². The standard InChI is InChI=1S/C14H18N4OS3.ClH/c1-9-7-10(4-5-15-9)12(19)16-13-17-18-14(22-13)21-8-11-3-2-6-20-11;/h2-3,6,9-10,15H,4-5,7-8H2,1H3,(H,16,17,19);1H/t9-,10-;/m0./s1. The summed E-state index contributed by atoms with van der Waals surface area (Å²) in [5.41, 5.74) is 0. The second-order valence-electron chi connectivity index (χ2n) is 5.31. The zero-order valence-electron chi connectivity index (χ0n) is 12.7. The summed E-state index contributed by atoms with van der Waals surface area (Å²) in [4.78, 5) is 13.6. The second-order valence-corrected chi connectivity index (χ2v) is 8.54. The van der Waals surface area contributed by atoms with Crippen molar-refractivity contribution in [2.45, 2.75) is 35.9 Å². The summed E-state index contributed by atoms with van der Waals surface area (Å²) in [6, 6.07) is 4.56. The molecular formula is C14H19ClN4OS3. The van der Waals surface area contributed by atoms with Crippen LogP contribution in [0, 0.1) is 5.92 Å². The summed E-state index contributed by atoms with van der Waals surface area (Å²) in [5.74, 6) is 1.04. The number of halogens is 1. The SMILES string of the molecule is C[C@H]1C[C@@H](C(=O)Nc2nnc(SCc3cccs3)s2)CCN1.Cl. The molecule has 2 atom stereocenters. The van der Waals surface area contributed by atoms with Crippen molar-refractivity contribution in [1.82, 2.24) is 15.5 Å². The van der Waals surface area contributed by atoms with E-state index in [0.29, 0.717) is 11.2 Å². The van der Waals surface area contributed by atoms with E-state index in [1.807, 2.05) is 6.07 Å². The molecule has 2 N–H and O–H groups in total. The Hall–Kier alpha value is -0.670. The van der Waals surface area contributed by atoms with E-state index in [2.05, 4.69) is 39.2 Å². The molecule has 0 aliphatic carbocycles. The van der Waals surface area contributed by atoms with Crippen LogP contribution in [0.1, 0.15) is 24.6 Å². The minimum absolute atomic E-state index is 0. The number of nitrogens with zero attached hydrogens (tertiary/aromatic N) is 2. The van der Waals surface area contributed by atoms with Crippen LogP contribution in [0.15, 0.2) is 21.9 Å². The highest BCUT2D eigenvalue weighted by Gasteiger charge is 2.25. The van der Waals surface area contributed by atoms with Gasteiger partial charge in [-0.15, -0.1) is 33.9 Å². The van der Waals surface area contributed by atoms with Crippen molar-refractivity contribution in [3.8, 4) is 0 Å². The molecule has 1 saturated heterocycles. The first-order valence-electron chi connectivity index (χ1n) is 7.23. The highest BCUT2D eigenvalue weighted by Crippen LogP contribution is 2.30. The summed E-state index contributed by atoms with van der Waals surface area (Å²) in [7, 11) is 0. The molecule has 1 aliphatic rings. The fraction of sp³-hybridized carbons (Fsp3) is 0.500. The Balaban J connectivity index is 0.00000192. The zero-order valence-corrected chi connectivity index (χ0v) is 15.9. The summed E-state index contributed by atoms with van der Waals surface area (Å²) in [6.07, 6.45) is 1.76. The molecule has 23 heavy (non-hydrogen) atoms. The molecule has 3 rings (SSSR count). The van der Waals surface area contributed by atoms with Crippen LogP contribution in [0.3, 0.4) is 0 Å². The predicted molar refractivity (Wildman–Crippen MR) is 99.9 cm³/mol. The van der Waals surface area contributed by atoms with Gasteiger partial charge in [-0.3, -0.25) is 4.79 Å². The van der Waals surface area contributed by atoms with Crippen LogP contribution in [-0.2, 0) is 10.5 Å². The minimum Gasteiger partial charge on any atom is -0.314 e. The van der Waals surface area contributed by atoms with E-state index in [4.69, 9.17) is 0 Å². The smallest absolute Gasteiger partial charge is 0.229 e. The number of thioether (sulfide) groups is 1. The van der Waals surface area contributed by atoms with E-state index < -0.39 is 0 Å².